The summed E-state index contributed by atoms with van der Waals surface area (Å²) >= 11 is 0. The second-order valence-corrected chi connectivity index (χ2v) is 9.61. The molecule has 3 aromatic rings. The first-order valence-electron chi connectivity index (χ1n) is 11.6. The SMILES string of the molecule is COc1cc(-c2cnn3cc(C(C)(C)CO)ccc23)cc(OC(F)F)c1C(=O)CCCC1C[C@@H]1F. The Morgan fingerprint density at radius 1 is 1.29 bits per heavy atom. The van der Waals surface area contributed by atoms with Crippen LogP contribution in [0.2, 0.25) is 0 Å². The van der Waals surface area contributed by atoms with Crippen molar-refractivity contribution in [3.8, 4) is 22.6 Å². The molecule has 4 rings (SSSR count). The molecule has 0 radical (unpaired) electrons. The highest BCUT2D eigenvalue weighted by Crippen LogP contribution is 2.40. The average molecular weight is 491 g/mol. The third-order valence-electron chi connectivity index (χ3n) is 6.60. The van der Waals surface area contributed by atoms with Gasteiger partial charge in [-0.1, -0.05) is 19.9 Å². The van der Waals surface area contributed by atoms with E-state index in [9.17, 15) is 23.1 Å². The van der Waals surface area contributed by atoms with Crippen molar-refractivity contribution in [1.29, 1.82) is 0 Å². The number of benzene rings is 1. The van der Waals surface area contributed by atoms with E-state index in [1.807, 2.05) is 32.2 Å². The number of hydrogen-bond acceptors (Lipinski definition) is 5. The average Bonchev–Trinajstić information content (AvgIpc) is 3.36. The maximum atomic E-state index is 13.3. The third-order valence-corrected chi connectivity index (χ3v) is 6.60. The lowest BCUT2D eigenvalue weighted by Gasteiger charge is -2.22. The topological polar surface area (TPSA) is 73.1 Å². The third kappa shape index (κ3) is 5.29. The van der Waals surface area contributed by atoms with Crippen LogP contribution in [0, 0.1) is 5.92 Å². The fraction of sp³-hybridized carbons (Fsp3) is 0.462. The number of rotatable bonds is 11. The largest absolute Gasteiger partial charge is 0.496 e. The molecule has 6 nitrogen and oxygen atoms in total. The summed E-state index contributed by atoms with van der Waals surface area (Å²) in [6.45, 7) is 0.650. The van der Waals surface area contributed by atoms with Crippen LogP contribution in [0.4, 0.5) is 13.2 Å². The van der Waals surface area contributed by atoms with Gasteiger partial charge in [0.05, 0.1) is 25.4 Å². The quantitative estimate of drug-likeness (QED) is 0.355. The minimum atomic E-state index is -3.13. The van der Waals surface area contributed by atoms with Crippen molar-refractivity contribution in [3.05, 3.63) is 47.8 Å². The summed E-state index contributed by atoms with van der Waals surface area (Å²) in [5, 5.41) is 14.1. The highest BCUT2D eigenvalue weighted by Gasteiger charge is 2.36. The zero-order valence-corrected chi connectivity index (χ0v) is 19.9. The van der Waals surface area contributed by atoms with Crippen LogP contribution in [0.15, 0.2) is 36.7 Å². The number of Topliss-reactive ketones (excluding diaryl/α,β-unsaturated/α-hetero) is 1. The minimum Gasteiger partial charge on any atom is -0.496 e. The number of pyridine rings is 1. The first-order valence-corrected chi connectivity index (χ1v) is 11.6. The van der Waals surface area contributed by atoms with Gasteiger partial charge in [0.2, 0.25) is 0 Å². The van der Waals surface area contributed by atoms with Gasteiger partial charge in [0.1, 0.15) is 23.2 Å². The van der Waals surface area contributed by atoms with E-state index in [1.54, 1.807) is 16.8 Å². The van der Waals surface area contributed by atoms with Crippen molar-refractivity contribution in [2.24, 2.45) is 5.92 Å². The number of ketones is 1. The van der Waals surface area contributed by atoms with Crippen LogP contribution in [0.1, 0.15) is 55.5 Å². The zero-order valence-electron chi connectivity index (χ0n) is 19.9. The maximum absolute atomic E-state index is 13.3. The Morgan fingerprint density at radius 2 is 2.00 bits per heavy atom. The molecule has 1 fully saturated rings. The number of aliphatic hydroxyl groups is 1. The monoisotopic (exact) mass is 490 g/mol. The van der Waals surface area contributed by atoms with Gasteiger partial charge in [0.15, 0.2) is 5.78 Å². The molecule has 1 N–H and O–H groups in total. The summed E-state index contributed by atoms with van der Waals surface area (Å²) in [5.41, 5.74) is 2.21. The number of halogens is 3. The van der Waals surface area contributed by atoms with Gasteiger partial charge in [-0.2, -0.15) is 13.9 Å². The molecule has 35 heavy (non-hydrogen) atoms. The lowest BCUT2D eigenvalue weighted by atomic mass is 9.87. The van der Waals surface area contributed by atoms with Crippen LogP contribution in [0.5, 0.6) is 11.5 Å². The fourth-order valence-corrected chi connectivity index (χ4v) is 4.23. The highest BCUT2D eigenvalue weighted by molar-refractivity contribution is 6.02. The fourth-order valence-electron chi connectivity index (χ4n) is 4.23. The summed E-state index contributed by atoms with van der Waals surface area (Å²) in [6, 6.07) is 6.71. The van der Waals surface area contributed by atoms with E-state index in [1.165, 1.54) is 13.2 Å². The zero-order chi connectivity index (χ0) is 25.3. The summed E-state index contributed by atoms with van der Waals surface area (Å²) in [7, 11) is 1.36. The first-order chi connectivity index (χ1) is 16.6. The second-order valence-electron chi connectivity index (χ2n) is 9.61. The molecule has 1 aliphatic carbocycles. The van der Waals surface area contributed by atoms with E-state index >= 15 is 0 Å². The van der Waals surface area contributed by atoms with Gasteiger partial charge < -0.3 is 14.6 Å². The number of hydrogen-bond donors (Lipinski definition) is 1. The normalized spacial score (nSPS) is 17.7. The van der Waals surface area contributed by atoms with E-state index in [4.69, 9.17) is 9.47 Å². The Balaban J connectivity index is 1.70. The van der Waals surface area contributed by atoms with Crippen LogP contribution in [-0.2, 0) is 5.41 Å². The van der Waals surface area contributed by atoms with Gasteiger partial charge >= 0.3 is 6.61 Å². The second kappa shape index (κ2) is 9.89. The molecule has 0 spiro atoms. The number of methoxy groups -OCH3 is 1. The number of carbonyl (C=O) groups is 1. The van der Waals surface area contributed by atoms with Crippen LogP contribution in [0.25, 0.3) is 16.6 Å². The van der Waals surface area contributed by atoms with Crippen LogP contribution >= 0.6 is 0 Å². The van der Waals surface area contributed by atoms with E-state index < -0.39 is 24.0 Å². The molecule has 9 heteroatoms. The number of aromatic nitrogens is 2. The molecule has 2 atom stereocenters. The molecule has 0 aliphatic heterocycles. The standard InChI is InChI=1S/C26H29F3N2O4/c1-26(2,14-32)17-7-8-20-18(12-30-31(20)13-17)16-10-22(34-3)24(23(11-16)35-25(28)29)21(33)6-4-5-15-9-19(15)27/h7-8,10-13,15,19,25,32H,4-6,9,14H2,1-3H3/t15?,19-/m0/s1. The van der Waals surface area contributed by atoms with Crippen molar-refractivity contribution < 1.29 is 32.5 Å². The van der Waals surface area contributed by atoms with E-state index in [0.717, 1.165) is 5.56 Å². The number of alkyl halides is 3. The molecule has 2 aromatic heterocycles. The Morgan fingerprint density at radius 3 is 2.63 bits per heavy atom. The predicted octanol–water partition coefficient (Wildman–Crippen LogP) is 5.59. The lowest BCUT2D eigenvalue weighted by molar-refractivity contribution is -0.0502. The first kappa shape index (κ1) is 25.0. The number of aliphatic hydroxyl groups excluding tert-OH is 1. The van der Waals surface area contributed by atoms with Crippen molar-refractivity contribution in [2.75, 3.05) is 13.7 Å². The molecule has 1 aromatic carbocycles. The van der Waals surface area contributed by atoms with Crippen molar-refractivity contribution in [2.45, 2.75) is 57.7 Å². The summed E-state index contributed by atoms with van der Waals surface area (Å²) < 4.78 is 51.5. The van der Waals surface area contributed by atoms with Gasteiger partial charge in [-0.05, 0) is 54.5 Å². The van der Waals surface area contributed by atoms with Crippen LogP contribution in [0.3, 0.4) is 0 Å². The molecular formula is C26H29F3N2O4. The van der Waals surface area contributed by atoms with Gasteiger partial charge in [-0.15, -0.1) is 0 Å². The molecule has 2 heterocycles. The van der Waals surface area contributed by atoms with E-state index in [-0.39, 0.29) is 36.0 Å². The van der Waals surface area contributed by atoms with Crippen LogP contribution in [-0.4, -0.2) is 47.0 Å². The smallest absolute Gasteiger partial charge is 0.387 e. The van der Waals surface area contributed by atoms with E-state index in [2.05, 4.69) is 5.10 Å². The minimum absolute atomic E-state index is 0.0112. The Labute approximate surface area is 201 Å². The maximum Gasteiger partial charge on any atom is 0.387 e. The van der Waals surface area contributed by atoms with Gasteiger partial charge in [0.25, 0.3) is 0 Å². The molecule has 0 saturated heterocycles. The lowest BCUT2D eigenvalue weighted by Crippen LogP contribution is -2.22. The highest BCUT2D eigenvalue weighted by atomic mass is 19.3. The molecular weight excluding hydrogens is 461 g/mol. The Hall–Kier alpha value is -3.07. The Kier molecular flexibility index (Phi) is 7.07. The molecule has 0 bridgehead atoms. The van der Waals surface area contributed by atoms with Crippen molar-refractivity contribution in [1.82, 2.24) is 9.61 Å². The van der Waals surface area contributed by atoms with Gasteiger partial charge in [0, 0.05) is 23.6 Å². The summed E-state index contributed by atoms with van der Waals surface area (Å²) in [5.74, 6) is -0.555. The van der Waals surface area contributed by atoms with Gasteiger partial charge in [-0.3, -0.25) is 4.79 Å². The molecule has 188 valence electrons. The van der Waals surface area contributed by atoms with E-state index in [0.29, 0.717) is 35.9 Å². The number of carbonyl (C=O) groups excluding carboxylic acids is 1. The number of ether oxygens (including phenoxy) is 2. The molecule has 1 saturated carbocycles. The van der Waals surface area contributed by atoms with Crippen molar-refractivity contribution in [3.63, 3.8) is 0 Å². The van der Waals surface area contributed by atoms with Gasteiger partial charge in [-0.25, -0.2) is 8.91 Å². The molecule has 1 unspecified atom stereocenters. The number of fused-ring (bicyclic) bond motifs is 1. The van der Waals surface area contributed by atoms with Crippen LogP contribution < -0.4 is 9.47 Å². The number of nitrogens with zero attached hydrogens (tertiary/aromatic N) is 2. The van der Waals surface area contributed by atoms with Crippen molar-refractivity contribution >= 4 is 11.3 Å². The summed E-state index contributed by atoms with van der Waals surface area (Å²) in [6.07, 6.45) is 4.25. The molecule has 1 aliphatic rings. The summed E-state index contributed by atoms with van der Waals surface area (Å²) in [4.78, 5) is 12.9. The molecule has 0 amide bonds. The predicted molar refractivity (Wildman–Crippen MR) is 125 cm³/mol. The Bertz CT molecular complexity index is 1220.